The third-order valence-electron chi connectivity index (χ3n) is 4.79. The van der Waals surface area contributed by atoms with Crippen LogP contribution in [0, 0.1) is 0 Å². The predicted octanol–water partition coefficient (Wildman–Crippen LogP) is 3.44. The monoisotopic (exact) mass is 510 g/mol. The molecule has 8 nitrogen and oxygen atoms in total. The number of imide groups is 1. The summed E-state index contributed by atoms with van der Waals surface area (Å²) >= 11 is 4.15. The molecular formula is C21H23BrN2O6S. The molecule has 31 heavy (non-hydrogen) atoms. The minimum Gasteiger partial charge on any atom is -0.481 e. The lowest BCUT2D eigenvalue weighted by molar-refractivity contribution is -0.145. The number of ether oxygens (including phenoxy) is 2. The number of hydrogen-bond donors (Lipinski definition) is 0. The number of esters is 1. The van der Waals surface area contributed by atoms with Gasteiger partial charge in [0.2, 0.25) is 5.91 Å². The van der Waals surface area contributed by atoms with Crippen LogP contribution in [0.1, 0.15) is 31.7 Å². The van der Waals surface area contributed by atoms with Gasteiger partial charge in [-0.25, -0.2) is 4.79 Å². The Kier molecular flexibility index (Phi) is 8.14. The molecule has 3 rings (SSSR count). The average molecular weight is 511 g/mol. The van der Waals surface area contributed by atoms with Crippen molar-refractivity contribution in [2.75, 3.05) is 32.8 Å². The molecule has 2 saturated heterocycles. The van der Waals surface area contributed by atoms with Crippen LogP contribution in [0.3, 0.4) is 0 Å². The van der Waals surface area contributed by atoms with Crippen molar-refractivity contribution in [2.24, 2.45) is 0 Å². The van der Waals surface area contributed by atoms with Crippen LogP contribution < -0.4 is 4.74 Å². The quantitative estimate of drug-likeness (QED) is 0.409. The summed E-state index contributed by atoms with van der Waals surface area (Å²) < 4.78 is 11.1. The number of thioether (sulfide) groups is 1. The SMILES string of the molecule is CCOC(=O)COc1ccc(Br)cc1/C=C1/SC(=O)N(CC(=O)N2CCCCC2)C1=O. The minimum atomic E-state index is -0.517. The van der Waals surface area contributed by atoms with Gasteiger partial charge in [0, 0.05) is 23.1 Å². The number of piperidine rings is 1. The topological polar surface area (TPSA) is 93.2 Å². The fourth-order valence-corrected chi connectivity index (χ4v) is 4.47. The van der Waals surface area contributed by atoms with Gasteiger partial charge in [-0.3, -0.25) is 19.3 Å². The van der Waals surface area contributed by atoms with Crippen molar-refractivity contribution in [1.82, 2.24) is 9.80 Å². The largest absolute Gasteiger partial charge is 0.481 e. The second-order valence-corrected chi connectivity index (χ2v) is 8.89. The first-order chi connectivity index (χ1) is 14.9. The van der Waals surface area contributed by atoms with E-state index in [1.165, 1.54) is 6.08 Å². The van der Waals surface area contributed by atoms with Crippen molar-refractivity contribution in [2.45, 2.75) is 26.2 Å². The van der Waals surface area contributed by atoms with E-state index >= 15 is 0 Å². The molecule has 2 fully saturated rings. The first-order valence-electron chi connectivity index (χ1n) is 10.00. The van der Waals surface area contributed by atoms with Gasteiger partial charge in [-0.05, 0) is 62.2 Å². The normalized spacial score (nSPS) is 17.9. The summed E-state index contributed by atoms with van der Waals surface area (Å²) in [5, 5.41) is -0.481. The van der Waals surface area contributed by atoms with Gasteiger partial charge in [0.05, 0.1) is 11.5 Å². The highest BCUT2D eigenvalue weighted by Gasteiger charge is 2.37. The summed E-state index contributed by atoms with van der Waals surface area (Å²) in [6.45, 7) is 2.73. The van der Waals surface area contributed by atoms with Gasteiger partial charge in [-0.15, -0.1) is 0 Å². The first-order valence-corrected chi connectivity index (χ1v) is 11.6. The summed E-state index contributed by atoms with van der Waals surface area (Å²) in [5.74, 6) is -0.874. The van der Waals surface area contributed by atoms with Crippen molar-refractivity contribution in [3.8, 4) is 5.75 Å². The van der Waals surface area contributed by atoms with E-state index in [9.17, 15) is 19.2 Å². The summed E-state index contributed by atoms with van der Waals surface area (Å²) in [6.07, 6.45) is 4.48. The van der Waals surface area contributed by atoms with E-state index in [2.05, 4.69) is 15.9 Å². The number of likely N-dealkylation sites (tertiary alicyclic amines) is 1. The van der Waals surface area contributed by atoms with E-state index in [4.69, 9.17) is 9.47 Å². The van der Waals surface area contributed by atoms with E-state index in [0.29, 0.717) is 24.4 Å². The molecule has 1 aromatic rings. The smallest absolute Gasteiger partial charge is 0.344 e. The molecule has 0 saturated carbocycles. The average Bonchev–Trinajstić information content (AvgIpc) is 3.01. The van der Waals surface area contributed by atoms with Crippen molar-refractivity contribution < 1.29 is 28.7 Å². The zero-order chi connectivity index (χ0) is 22.4. The molecule has 0 radical (unpaired) electrons. The Bertz CT molecular complexity index is 913. The second kappa shape index (κ2) is 10.8. The van der Waals surface area contributed by atoms with Crippen molar-refractivity contribution in [3.05, 3.63) is 33.1 Å². The molecule has 0 unspecified atom stereocenters. The zero-order valence-electron chi connectivity index (χ0n) is 17.1. The highest BCUT2D eigenvalue weighted by molar-refractivity contribution is 9.10. The Morgan fingerprint density at radius 1 is 1.19 bits per heavy atom. The number of benzene rings is 1. The Balaban J connectivity index is 1.73. The van der Waals surface area contributed by atoms with Crippen LogP contribution in [0.2, 0.25) is 0 Å². The fraction of sp³-hybridized carbons (Fsp3) is 0.429. The highest BCUT2D eigenvalue weighted by Crippen LogP contribution is 2.35. The van der Waals surface area contributed by atoms with Crippen LogP contribution in [0.5, 0.6) is 5.75 Å². The molecule has 3 amide bonds. The molecule has 0 bridgehead atoms. The third-order valence-corrected chi connectivity index (χ3v) is 6.19. The Morgan fingerprint density at radius 3 is 2.65 bits per heavy atom. The number of rotatable bonds is 7. The van der Waals surface area contributed by atoms with E-state index in [0.717, 1.165) is 40.4 Å². The van der Waals surface area contributed by atoms with Gasteiger partial charge >= 0.3 is 5.97 Å². The van der Waals surface area contributed by atoms with Gasteiger partial charge in [-0.1, -0.05) is 15.9 Å². The number of nitrogens with zero attached hydrogens (tertiary/aromatic N) is 2. The van der Waals surface area contributed by atoms with Crippen molar-refractivity contribution in [1.29, 1.82) is 0 Å². The van der Waals surface area contributed by atoms with Gasteiger partial charge in [-0.2, -0.15) is 0 Å². The van der Waals surface area contributed by atoms with Gasteiger partial charge in [0.25, 0.3) is 11.1 Å². The van der Waals surface area contributed by atoms with Gasteiger partial charge in [0.1, 0.15) is 12.3 Å². The lowest BCUT2D eigenvalue weighted by Gasteiger charge is -2.27. The molecule has 0 N–H and O–H groups in total. The molecule has 0 atom stereocenters. The number of amides is 3. The number of halogens is 1. The molecular weight excluding hydrogens is 488 g/mol. The Hall–Kier alpha value is -2.33. The zero-order valence-corrected chi connectivity index (χ0v) is 19.5. The van der Waals surface area contributed by atoms with Crippen LogP contribution in [-0.4, -0.2) is 65.7 Å². The molecule has 0 spiro atoms. The maximum Gasteiger partial charge on any atom is 0.344 e. The number of carbonyl (C=O) groups is 4. The summed E-state index contributed by atoms with van der Waals surface area (Å²) in [7, 11) is 0. The Morgan fingerprint density at radius 2 is 1.94 bits per heavy atom. The summed E-state index contributed by atoms with van der Waals surface area (Å²) in [5.41, 5.74) is 0.520. The molecule has 10 heteroatoms. The van der Waals surface area contributed by atoms with Crippen LogP contribution in [0.25, 0.3) is 6.08 Å². The van der Waals surface area contributed by atoms with Crippen LogP contribution in [0.15, 0.2) is 27.6 Å². The second-order valence-electron chi connectivity index (χ2n) is 6.99. The Labute approximate surface area is 193 Å². The van der Waals surface area contributed by atoms with E-state index < -0.39 is 17.1 Å². The fourth-order valence-electron chi connectivity index (χ4n) is 3.26. The molecule has 2 aliphatic heterocycles. The lowest BCUT2D eigenvalue weighted by atomic mass is 10.1. The van der Waals surface area contributed by atoms with E-state index in [1.807, 2.05) is 0 Å². The first kappa shape index (κ1) is 23.3. The maximum atomic E-state index is 12.8. The lowest BCUT2D eigenvalue weighted by Crippen LogP contribution is -2.44. The minimum absolute atomic E-state index is 0.190. The number of hydrogen-bond acceptors (Lipinski definition) is 7. The highest BCUT2D eigenvalue weighted by atomic mass is 79.9. The van der Waals surface area contributed by atoms with Crippen molar-refractivity contribution >= 4 is 56.8 Å². The number of carbonyl (C=O) groups excluding carboxylic acids is 4. The molecule has 0 aromatic heterocycles. The summed E-state index contributed by atoms with van der Waals surface area (Å²) in [4.78, 5) is 52.2. The molecule has 2 heterocycles. The molecule has 166 valence electrons. The van der Waals surface area contributed by atoms with Crippen LogP contribution in [-0.2, 0) is 19.1 Å². The maximum absolute atomic E-state index is 12.8. The van der Waals surface area contributed by atoms with Gasteiger partial charge in [0.15, 0.2) is 6.61 Å². The third kappa shape index (κ3) is 6.10. The predicted molar refractivity (Wildman–Crippen MR) is 119 cm³/mol. The van der Waals surface area contributed by atoms with Crippen LogP contribution in [0.4, 0.5) is 4.79 Å². The molecule has 0 aliphatic carbocycles. The van der Waals surface area contributed by atoms with Crippen LogP contribution >= 0.6 is 27.7 Å². The molecule has 1 aromatic carbocycles. The summed E-state index contributed by atoms with van der Waals surface area (Å²) in [6, 6.07) is 5.10. The standard InChI is InChI=1S/C21H23BrN2O6S/c1-2-29-19(26)13-30-16-7-6-15(22)10-14(16)11-17-20(27)24(21(28)31-17)12-18(25)23-8-4-3-5-9-23/h6-7,10-11H,2-5,8-9,12-13H2,1H3/b17-11+. The molecule has 2 aliphatic rings. The van der Waals surface area contributed by atoms with E-state index in [-0.39, 0.29) is 30.6 Å². The van der Waals surface area contributed by atoms with E-state index in [1.54, 1.807) is 30.0 Å². The van der Waals surface area contributed by atoms with Gasteiger partial charge < -0.3 is 14.4 Å². The van der Waals surface area contributed by atoms with Crippen molar-refractivity contribution in [3.63, 3.8) is 0 Å².